The van der Waals surface area contributed by atoms with E-state index in [1.54, 1.807) is 6.20 Å². The van der Waals surface area contributed by atoms with E-state index in [9.17, 15) is 4.79 Å². The summed E-state index contributed by atoms with van der Waals surface area (Å²) in [6.07, 6.45) is 2.30. The lowest BCUT2D eigenvalue weighted by Gasteiger charge is -2.02. The second kappa shape index (κ2) is 4.61. The fraction of sp³-hybridized carbons (Fsp3) is 0.167. The van der Waals surface area contributed by atoms with Crippen LogP contribution in [0.25, 0.3) is 11.4 Å². The second-order valence-corrected chi connectivity index (χ2v) is 3.25. The third-order valence-corrected chi connectivity index (χ3v) is 2.16. The van der Waals surface area contributed by atoms with Crippen molar-refractivity contribution in [1.82, 2.24) is 9.97 Å². The second-order valence-electron chi connectivity index (χ2n) is 3.25. The summed E-state index contributed by atoms with van der Waals surface area (Å²) >= 11 is 0. The largest absolute Gasteiger partial charge is 0.494 e. The molecule has 4 heteroatoms. The summed E-state index contributed by atoms with van der Waals surface area (Å²) in [5.74, 6) is 1.51. The Morgan fingerprint density at radius 1 is 1.38 bits per heavy atom. The van der Waals surface area contributed by atoms with Crippen molar-refractivity contribution in [2.24, 2.45) is 0 Å². The van der Waals surface area contributed by atoms with Gasteiger partial charge in [-0.05, 0) is 31.2 Å². The number of carbonyl (C=O) groups excluding carboxylic acids is 1. The number of aldehydes is 1. The molecule has 0 aliphatic rings. The van der Waals surface area contributed by atoms with Gasteiger partial charge in [-0.15, -0.1) is 0 Å². The van der Waals surface area contributed by atoms with Crippen molar-refractivity contribution in [1.29, 1.82) is 0 Å². The van der Waals surface area contributed by atoms with E-state index >= 15 is 0 Å². The minimum absolute atomic E-state index is 0.406. The number of nitrogens with zero attached hydrogens (tertiary/aromatic N) is 1. The Morgan fingerprint density at radius 2 is 2.12 bits per heavy atom. The van der Waals surface area contributed by atoms with Gasteiger partial charge in [0.2, 0.25) is 0 Å². The molecule has 0 unspecified atom stereocenters. The first-order chi connectivity index (χ1) is 7.83. The maximum absolute atomic E-state index is 10.5. The van der Waals surface area contributed by atoms with Gasteiger partial charge in [-0.25, -0.2) is 4.98 Å². The molecular weight excluding hydrogens is 204 g/mol. The molecular formula is C12H12N2O2. The third-order valence-electron chi connectivity index (χ3n) is 2.16. The number of hydrogen-bond donors (Lipinski definition) is 1. The lowest BCUT2D eigenvalue weighted by Crippen LogP contribution is -1.90. The van der Waals surface area contributed by atoms with E-state index < -0.39 is 0 Å². The van der Waals surface area contributed by atoms with E-state index in [1.807, 2.05) is 31.2 Å². The Morgan fingerprint density at radius 3 is 2.69 bits per heavy atom. The first-order valence-electron chi connectivity index (χ1n) is 5.07. The zero-order chi connectivity index (χ0) is 11.4. The summed E-state index contributed by atoms with van der Waals surface area (Å²) in [5, 5.41) is 0. The molecule has 4 nitrogen and oxygen atoms in total. The molecule has 0 saturated heterocycles. The van der Waals surface area contributed by atoms with Crippen LogP contribution in [0.2, 0.25) is 0 Å². The molecule has 82 valence electrons. The summed E-state index contributed by atoms with van der Waals surface area (Å²) < 4.78 is 5.34. The van der Waals surface area contributed by atoms with Gasteiger partial charge >= 0.3 is 0 Å². The Bertz CT molecular complexity index is 474. The minimum atomic E-state index is 0.406. The Hall–Kier alpha value is -2.10. The monoisotopic (exact) mass is 216 g/mol. The summed E-state index contributed by atoms with van der Waals surface area (Å²) in [7, 11) is 0. The smallest absolute Gasteiger partial charge is 0.170 e. The number of aromatic amines is 1. The first-order valence-corrected chi connectivity index (χ1v) is 5.07. The van der Waals surface area contributed by atoms with Crippen LogP contribution >= 0.6 is 0 Å². The van der Waals surface area contributed by atoms with Crippen LogP contribution in [0, 0.1) is 0 Å². The molecule has 0 radical (unpaired) electrons. The van der Waals surface area contributed by atoms with Crippen molar-refractivity contribution in [3.8, 4) is 17.1 Å². The minimum Gasteiger partial charge on any atom is -0.494 e. The van der Waals surface area contributed by atoms with Gasteiger partial charge in [0.1, 0.15) is 17.3 Å². The predicted molar refractivity (Wildman–Crippen MR) is 60.6 cm³/mol. The predicted octanol–water partition coefficient (Wildman–Crippen LogP) is 2.29. The van der Waals surface area contributed by atoms with Crippen LogP contribution in [0.15, 0.2) is 30.5 Å². The lowest BCUT2D eigenvalue weighted by atomic mass is 10.2. The highest BCUT2D eigenvalue weighted by Crippen LogP contribution is 2.19. The highest BCUT2D eigenvalue weighted by molar-refractivity contribution is 5.73. The van der Waals surface area contributed by atoms with Gasteiger partial charge < -0.3 is 9.72 Å². The topological polar surface area (TPSA) is 55.0 Å². The van der Waals surface area contributed by atoms with Crippen LogP contribution in [-0.4, -0.2) is 22.9 Å². The number of carbonyl (C=O) groups is 1. The van der Waals surface area contributed by atoms with Gasteiger partial charge in [0.05, 0.1) is 6.61 Å². The number of nitrogens with one attached hydrogen (secondary N) is 1. The lowest BCUT2D eigenvalue weighted by molar-refractivity contribution is 0.111. The summed E-state index contributed by atoms with van der Waals surface area (Å²) in [4.78, 5) is 17.5. The number of benzene rings is 1. The number of ether oxygens (including phenoxy) is 1. The average Bonchev–Trinajstić information content (AvgIpc) is 2.79. The molecule has 2 rings (SSSR count). The van der Waals surface area contributed by atoms with Gasteiger partial charge in [-0.3, -0.25) is 4.79 Å². The molecule has 0 saturated carbocycles. The van der Waals surface area contributed by atoms with E-state index in [1.165, 1.54) is 0 Å². The van der Waals surface area contributed by atoms with Crippen molar-refractivity contribution < 1.29 is 9.53 Å². The fourth-order valence-electron chi connectivity index (χ4n) is 1.42. The molecule has 0 bridgehead atoms. The Kier molecular flexibility index (Phi) is 3.00. The molecule has 2 aromatic rings. The summed E-state index contributed by atoms with van der Waals surface area (Å²) in [6.45, 7) is 2.59. The third kappa shape index (κ3) is 2.11. The van der Waals surface area contributed by atoms with Crippen molar-refractivity contribution >= 4 is 6.29 Å². The van der Waals surface area contributed by atoms with Crippen LogP contribution in [-0.2, 0) is 0 Å². The maximum Gasteiger partial charge on any atom is 0.170 e. The van der Waals surface area contributed by atoms with Crippen LogP contribution < -0.4 is 4.74 Å². The van der Waals surface area contributed by atoms with Crippen LogP contribution in [0.1, 0.15) is 17.4 Å². The quantitative estimate of drug-likeness (QED) is 0.798. The van der Waals surface area contributed by atoms with E-state index in [0.29, 0.717) is 24.4 Å². The number of aromatic nitrogens is 2. The molecule has 1 aromatic heterocycles. The van der Waals surface area contributed by atoms with Gasteiger partial charge in [-0.1, -0.05) is 0 Å². The van der Waals surface area contributed by atoms with E-state index in [4.69, 9.17) is 4.74 Å². The molecule has 0 aliphatic carbocycles. The van der Waals surface area contributed by atoms with E-state index in [-0.39, 0.29) is 0 Å². The van der Waals surface area contributed by atoms with Gasteiger partial charge in [0.25, 0.3) is 0 Å². The molecule has 16 heavy (non-hydrogen) atoms. The van der Waals surface area contributed by atoms with Crippen molar-refractivity contribution in [2.75, 3.05) is 6.61 Å². The van der Waals surface area contributed by atoms with Crippen LogP contribution in [0.4, 0.5) is 0 Å². The summed E-state index contributed by atoms with van der Waals surface area (Å²) in [5.41, 5.74) is 1.33. The van der Waals surface area contributed by atoms with Crippen LogP contribution in [0.5, 0.6) is 5.75 Å². The summed E-state index contributed by atoms with van der Waals surface area (Å²) in [6, 6.07) is 7.56. The fourth-order valence-corrected chi connectivity index (χ4v) is 1.42. The number of H-pyrrole nitrogens is 1. The Balaban J connectivity index is 2.23. The number of hydrogen-bond acceptors (Lipinski definition) is 3. The maximum atomic E-state index is 10.5. The van der Waals surface area contributed by atoms with Crippen molar-refractivity contribution in [3.63, 3.8) is 0 Å². The average molecular weight is 216 g/mol. The Labute approximate surface area is 93.3 Å². The first kappa shape index (κ1) is 10.4. The van der Waals surface area contributed by atoms with E-state index in [0.717, 1.165) is 11.3 Å². The van der Waals surface area contributed by atoms with Crippen molar-refractivity contribution in [2.45, 2.75) is 6.92 Å². The molecule has 0 amide bonds. The standard InChI is InChI=1S/C12H12N2O2/c1-2-16-11-5-3-9(4-6-11)12-13-7-10(8-15)14-12/h3-8H,2H2,1H3,(H,13,14). The number of rotatable bonds is 4. The molecule has 1 aromatic carbocycles. The van der Waals surface area contributed by atoms with Crippen LogP contribution in [0.3, 0.4) is 0 Å². The normalized spacial score (nSPS) is 10.1. The molecule has 0 atom stereocenters. The highest BCUT2D eigenvalue weighted by atomic mass is 16.5. The van der Waals surface area contributed by atoms with Gasteiger partial charge in [0.15, 0.2) is 6.29 Å². The highest BCUT2D eigenvalue weighted by Gasteiger charge is 2.03. The zero-order valence-electron chi connectivity index (χ0n) is 8.93. The number of imidazole rings is 1. The van der Waals surface area contributed by atoms with Gasteiger partial charge in [-0.2, -0.15) is 0 Å². The molecule has 1 N–H and O–H groups in total. The molecule has 0 aliphatic heterocycles. The van der Waals surface area contributed by atoms with Crippen molar-refractivity contribution in [3.05, 3.63) is 36.2 Å². The molecule has 0 spiro atoms. The molecule has 0 fully saturated rings. The SMILES string of the molecule is CCOc1ccc(-c2nc(C=O)c[nH]2)cc1. The molecule has 1 heterocycles. The zero-order valence-corrected chi connectivity index (χ0v) is 8.93. The van der Waals surface area contributed by atoms with E-state index in [2.05, 4.69) is 9.97 Å². The van der Waals surface area contributed by atoms with Gasteiger partial charge in [0, 0.05) is 11.8 Å².